The van der Waals surface area contributed by atoms with E-state index >= 15 is 0 Å². The van der Waals surface area contributed by atoms with Crippen molar-refractivity contribution in [1.82, 2.24) is 0 Å². The van der Waals surface area contributed by atoms with Crippen LogP contribution in [0.3, 0.4) is 0 Å². The first kappa shape index (κ1) is 9.99. The van der Waals surface area contributed by atoms with Gasteiger partial charge in [-0.05, 0) is 19.1 Å². The molecule has 2 nitrogen and oxygen atoms in total. The Morgan fingerprint density at radius 1 is 1.62 bits per heavy atom. The van der Waals surface area contributed by atoms with Crippen LogP contribution in [0.4, 0.5) is 4.39 Å². The van der Waals surface area contributed by atoms with Gasteiger partial charge in [0.1, 0.15) is 5.75 Å². The van der Waals surface area contributed by atoms with Gasteiger partial charge in [0.25, 0.3) is 0 Å². The molecule has 0 saturated carbocycles. The first-order valence-corrected chi connectivity index (χ1v) is 4.14. The van der Waals surface area contributed by atoms with Crippen LogP contribution in [0.25, 0.3) is 0 Å². The lowest BCUT2D eigenvalue weighted by molar-refractivity contribution is 0.111. The molecule has 0 atom stereocenters. The predicted octanol–water partition coefficient (Wildman–Crippen LogP) is 2.69. The van der Waals surface area contributed by atoms with Crippen molar-refractivity contribution in [1.29, 1.82) is 0 Å². The smallest absolute Gasteiger partial charge is 0.156 e. The molecule has 0 spiro atoms. The van der Waals surface area contributed by atoms with E-state index in [4.69, 9.17) is 16.3 Å². The third-order valence-electron chi connectivity index (χ3n) is 1.51. The van der Waals surface area contributed by atoms with Crippen molar-refractivity contribution in [2.45, 2.75) is 6.92 Å². The minimum Gasteiger partial charge on any atom is -0.493 e. The fraction of sp³-hybridized carbons (Fsp3) is 0.222. The Morgan fingerprint density at radius 2 is 2.31 bits per heavy atom. The topological polar surface area (TPSA) is 26.3 Å². The van der Waals surface area contributed by atoms with E-state index in [9.17, 15) is 9.18 Å². The Kier molecular flexibility index (Phi) is 3.25. The van der Waals surface area contributed by atoms with E-state index in [0.717, 1.165) is 0 Å². The maximum Gasteiger partial charge on any atom is 0.156 e. The second-order valence-corrected chi connectivity index (χ2v) is 2.73. The number of carbonyl (C=O) groups excluding carboxylic acids is 1. The summed E-state index contributed by atoms with van der Waals surface area (Å²) >= 11 is 5.48. The second kappa shape index (κ2) is 4.23. The third-order valence-corrected chi connectivity index (χ3v) is 1.80. The Morgan fingerprint density at radius 3 is 2.85 bits per heavy atom. The molecule has 4 heteroatoms. The molecule has 0 amide bonds. The number of hydrogen-bond acceptors (Lipinski definition) is 2. The zero-order valence-corrected chi connectivity index (χ0v) is 7.77. The van der Waals surface area contributed by atoms with Crippen molar-refractivity contribution in [2.75, 3.05) is 6.61 Å². The molecule has 0 unspecified atom stereocenters. The standard InChI is InChI=1S/C9H8ClFO2/c1-2-13-8-4-3-7(10)9(11)6(8)5-12/h3-5H,2H2,1H3. The van der Waals surface area contributed by atoms with Gasteiger partial charge in [-0.15, -0.1) is 0 Å². The van der Waals surface area contributed by atoms with Gasteiger partial charge in [0.05, 0.1) is 17.2 Å². The summed E-state index contributed by atoms with van der Waals surface area (Å²) in [5.74, 6) is -0.512. The van der Waals surface area contributed by atoms with Crippen LogP contribution < -0.4 is 4.74 Å². The number of benzene rings is 1. The summed E-state index contributed by atoms with van der Waals surface area (Å²) in [6.45, 7) is 2.13. The SMILES string of the molecule is CCOc1ccc(Cl)c(F)c1C=O. The van der Waals surface area contributed by atoms with Crippen molar-refractivity contribution in [3.63, 3.8) is 0 Å². The summed E-state index contributed by atoms with van der Waals surface area (Å²) in [7, 11) is 0. The van der Waals surface area contributed by atoms with E-state index in [1.165, 1.54) is 12.1 Å². The second-order valence-electron chi connectivity index (χ2n) is 2.32. The van der Waals surface area contributed by atoms with Crippen LogP contribution in [0.15, 0.2) is 12.1 Å². The summed E-state index contributed by atoms with van der Waals surface area (Å²) < 4.78 is 18.2. The Labute approximate surface area is 80.3 Å². The number of aldehydes is 1. The molecular weight excluding hydrogens is 195 g/mol. The van der Waals surface area contributed by atoms with E-state index in [2.05, 4.69) is 0 Å². The lowest BCUT2D eigenvalue weighted by Crippen LogP contribution is -1.98. The van der Waals surface area contributed by atoms with Crippen molar-refractivity contribution in [3.05, 3.63) is 28.5 Å². The highest BCUT2D eigenvalue weighted by Crippen LogP contribution is 2.25. The number of rotatable bonds is 3. The summed E-state index contributed by atoms with van der Waals surface area (Å²) in [5, 5.41) is -0.0782. The van der Waals surface area contributed by atoms with Crippen LogP contribution in [0.2, 0.25) is 5.02 Å². The van der Waals surface area contributed by atoms with Gasteiger partial charge in [0.2, 0.25) is 0 Å². The van der Waals surface area contributed by atoms with Crippen molar-refractivity contribution in [2.24, 2.45) is 0 Å². The van der Waals surface area contributed by atoms with Crippen LogP contribution in [-0.2, 0) is 0 Å². The molecule has 0 bridgehead atoms. The van der Waals surface area contributed by atoms with Crippen LogP contribution in [0, 0.1) is 5.82 Å². The largest absolute Gasteiger partial charge is 0.493 e. The highest BCUT2D eigenvalue weighted by Gasteiger charge is 2.11. The number of ether oxygens (including phenoxy) is 1. The highest BCUT2D eigenvalue weighted by atomic mass is 35.5. The van der Waals surface area contributed by atoms with Crippen molar-refractivity contribution >= 4 is 17.9 Å². The van der Waals surface area contributed by atoms with Crippen molar-refractivity contribution < 1.29 is 13.9 Å². The van der Waals surface area contributed by atoms with Gasteiger partial charge in [0, 0.05) is 0 Å². The fourth-order valence-electron chi connectivity index (χ4n) is 0.940. The average Bonchev–Trinajstić information content (AvgIpc) is 2.12. The van der Waals surface area contributed by atoms with Crippen LogP contribution >= 0.6 is 11.6 Å². The third kappa shape index (κ3) is 1.98. The molecule has 1 rings (SSSR count). The predicted molar refractivity (Wildman–Crippen MR) is 48.0 cm³/mol. The molecule has 0 aliphatic rings. The average molecular weight is 203 g/mol. The zero-order valence-electron chi connectivity index (χ0n) is 7.01. The van der Waals surface area contributed by atoms with Gasteiger partial charge in [-0.1, -0.05) is 11.6 Å². The molecule has 1 aromatic rings. The molecule has 70 valence electrons. The molecule has 13 heavy (non-hydrogen) atoms. The molecule has 0 aliphatic carbocycles. The Bertz CT molecular complexity index is 326. The molecule has 0 radical (unpaired) electrons. The molecule has 0 saturated heterocycles. The maximum absolute atomic E-state index is 13.1. The summed E-state index contributed by atoms with van der Waals surface area (Å²) in [5.41, 5.74) is -0.130. The Balaban J connectivity index is 3.21. The van der Waals surface area contributed by atoms with E-state index in [1.54, 1.807) is 6.92 Å². The molecule has 0 N–H and O–H groups in total. The van der Waals surface area contributed by atoms with Gasteiger partial charge < -0.3 is 4.74 Å². The van der Waals surface area contributed by atoms with Gasteiger partial charge in [-0.25, -0.2) is 4.39 Å². The van der Waals surface area contributed by atoms with Crippen LogP contribution in [0.5, 0.6) is 5.75 Å². The van der Waals surface area contributed by atoms with Crippen molar-refractivity contribution in [3.8, 4) is 5.75 Å². The number of halogens is 2. The normalized spacial score (nSPS) is 9.77. The lowest BCUT2D eigenvalue weighted by atomic mass is 10.2. The van der Waals surface area contributed by atoms with Gasteiger partial charge in [-0.2, -0.15) is 0 Å². The van der Waals surface area contributed by atoms with E-state index in [0.29, 0.717) is 12.9 Å². The minimum atomic E-state index is -0.734. The van der Waals surface area contributed by atoms with E-state index in [1.807, 2.05) is 0 Å². The molecule has 0 aliphatic heterocycles. The minimum absolute atomic E-state index is 0.0782. The zero-order chi connectivity index (χ0) is 9.84. The van der Waals surface area contributed by atoms with Gasteiger partial charge in [0.15, 0.2) is 12.1 Å². The monoisotopic (exact) mass is 202 g/mol. The first-order chi connectivity index (χ1) is 6.20. The summed E-state index contributed by atoms with van der Waals surface area (Å²) in [4.78, 5) is 10.5. The quantitative estimate of drug-likeness (QED) is 0.705. The van der Waals surface area contributed by atoms with Crippen LogP contribution in [-0.4, -0.2) is 12.9 Å². The molecule has 0 fully saturated rings. The van der Waals surface area contributed by atoms with E-state index in [-0.39, 0.29) is 16.3 Å². The molecule has 0 heterocycles. The lowest BCUT2D eigenvalue weighted by Gasteiger charge is -2.06. The van der Waals surface area contributed by atoms with Gasteiger partial charge in [-0.3, -0.25) is 4.79 Å². The molecular formula is C9H8ClFO2. The summed E-state index contributed by atoms with van der Waals surface area (Å²) in [6.07, 6.45) is 0.395. The maximum atomic E-state index is 13.1. The van der Waals surface area contributed by atoms with E-state index < -0.39 is 5.82 Å². The van der Waals surface area contributed by atoms with Crippen LogP contribution in [0.1, 0.15) is 17.3 Å². The molecule has 1 aromatic carbocycles. The number of hydrogen-bond donors (Lipinski definition) is 0. The number of carbonyl (C=O) groups is 1. The first-order valence-electron chi connectivity index (χ1n) is 3.76. The highest BCUT2D eigenvalue weighted by molar-refractivity contribution is 6.31. The Hall–Kier alpha value is -1.09. The van der Waals surface area contributed by atoms with Gasteiger partial charge >= 0.3 is 0 Å². The fourth-order valence-corrected chi connectivity index (χ4v) is 1.10. The summed E-state index contributed by atoms with van der Waals surface area (Å²) in [6, 6.07) is 2.83. The molecule has 0 aromatic heterocycles.